The molecule has 0 amide bonds. The minimum atomic E-state index is -4.68. The monoisotopic (exact) mass is 307 g/mol. The van der Waals surface area contributed by atoms with Crippen LogP contribution < -0.4 is 5.43 Å². The topological polar surface area (TPSA) is 32.9 Å². The summed E-state index contributed by atoms with van der Waals surface area (Å²) in [6.07, 6.45) is -4.06. The molecule has 0 radical (unpaired) electrons. The Morgan fingerprint density at radius 1 is 1.11 bits per heavy atom. The summed E-state index contributed by atoms with van der Waals surface area (Å²) in [5.41, 5.74) is -1.77. The Morgan fingerprint density at radius 2 is 1.79 bits per heavy atom. The second kappa shape index (κ2) is 4.90. The fourth-order valence-corrected chi connectivity index (χ4v) is 2.07. The lowest BCUT2D eigenvalue weighted by molar-refractivity contribution is -0.138. The van der Waals surface area contributed by atoms with E-state index in [1.54, 1.807) is 0 Å². The highest BCUT2D eigenvalue weighted by Crippen LogP contribution is 2.30. The van der Waals surface area contributed by atoms with E-state index in [1.807, 2.05) is 0 Å². The van der Waals surface area contributed by atoms with Gasteiger partial charge in [-0.25, -0.2) is 0 Å². The van der Waals surface area contributed by atoms with Crippen LogP contribution >= 0.6 is 23.2 Å². The summed E-state index contributed by atoms with van der Waals surface area (Å²) < 4.78 is 37.4. The highest BCUT2D eigenvalue weighted by molar-refractivity contribution is 6.36. The summed E-state index contributed by atoms with van der Waals surface area (Å²) in [6.45, 7) is 0. The van der Waals surface area contributed by atoms with E-state index in [1.165, 1.54) is 18.2 Å². The average Bonchev–Trinajstić information content (AvgIpc) is 2.26. The highest BCUT2D eigenvalue weighted by Gasteiger charge is 2.33. The van der Waals surface area contributed by atoms with Gasteiger partial charge in [0.25, 0.3) is 0 Å². The van der Waals surface area contributed by atoms with Crippen LogP contribution in [0.5, 0.6) is 0 Å². The van der Waals surface area contributed by atoms with Gasteiger partial charge >= 0.3 is 6.18 Å². The zero-order chi connectivity index (χ0) is 14.2. The SMILES string of the molecule is O=c1cc(-c2ccc(Cl)cc2Cl)[nH]cc1C(F)(F)F. The van der Waals surface area contributed by atoms with Gasteiger partial charge in [0.05, 0.1) is 10.7 Å². The lowest BCUT2D eigenvalue weighted by Gasteiger charge is -2.08. The van der Waals surface area contributed by atoms with Gasteiger partial charge in [-0.3, -0.25) is 4.79 Å². The third-order valence-corrected chi connectivity index (χ3v) is 2.99. The van der Waals surface area contributed by atoms with E-state index >= 15 is 0 Å². The summed E-state index contributed by atoms with van der Waals surface area (Å²) in [7, 11) is 0. The van der Waals surface area contributed by atoms with Crippen molar-refractivity contribution in [2.75, 3.05) is 0 Å². The number of H-pyrrole nitrogens is 1. The second-order valence-electron chi connectivity index (χ2n) is 3.75. The Labute approximate surface area is 115 Å². The van der Waals surface area contributed by atoms with E-state index in [9.17, 15) is 18.0 Å². The van der Waals surface area contributed by atoms with Gasteiger partial charge in [-0.2, -0.15) is 13.2 Å². The largest absolute Gasteiger partial charge is 0.421 e. The van der Waals surface area contributed by atoms with Gasteiger partial charge in [0.15, 0.2) is 5.43 Å². The van der Waals surface area contributed by atoms with Crippen LogP contribution in [-0.4, -0.2) is 4.98 Å². The number of halogens is 5. The molecule has 0 unspecified atom stereocenters. The Bertz CT molecular complexity index is 679. The molecule has 7 heteroatoms. The maximum Gasteiger partial charge on any atom is 0.421 e. The lowest BCUT2D eigenvalue weighted by atomic mass is 10.1. The van der Waals surface area contributed by atoms with Crippen molar-refractivity contribution in [1.82, 2.24) is 4.98 Å². The number of pyridine rings is 1. The predicted molar refractivity (Wildman–Crippen MR) is 67.5 cm³/mol. The molecule has 0 saturated carbocycles. The van der Waals surface area contributed by atoms with Gasteiger partial charge < -0.3 is 4.98 Å². The third kappa shape index (κ3) is 2.93. The van der Waals surface area contributed by atoms with Crippen LogP contribution in [0, 0.1) is 0 Å². The predicted octanol–water partition coefficient (Wildman–Crippen LogP) is 4.37. The Balaban J connectivity index is 2.54. The normalized spacial score (nSPS) is 11.6. The standard InChI is InChI=1S/C12H6Cl2F3NO/c13-6-1-2-7(9(14)3-6)10-4-11(19)8(5-18-10)12(15,16)17/h1-5H,(H,18,19). The lowest BCUT2D eigenvalue weighted by Crippen LogP contribution is -2.19. The molecule has 0 bridgehead atoms. The smallest absolute Gasteiger partial charge is 0.360 e. The number of benzene rings is 1. The van der Waals surface area contributed by atoms with Gasteiger partial charge in [-0.1, -0.05) is 23.2 Å². The molecule has 0 aliphatic rings. The minimum absolute atomic E-state index is 0.194. The van der Waals surface area contributed by atoms with E-state index in [0.29, 0.717) is 16.8 Å². The molecule has 1 aromatic carbocycles. The van der Waals surface area contributed by atoms with E-state index in [0.717, 1.165) is 6.07 Å². The summed E-state index contributed by atoms with van der Waals surface area (Å²) in [5.74, 6) is 0. The average molecular weight is 308 g/mol. The van der Waals surface area contributed by atoms with Crippen LogP contribution in [0.4, 0.5) is 13.2 Å². The summed E-state index contributed by atoms with van der Waals surface area (Å²) in [5, 5.41) is 0.630. The zero-order valence-corrected chi connectivity index (χ0v) is 10.7. The van der Waals surface area contributed by atoms with Crippen molar-refractivity contribution in [1.29, 1.82) is 0 Å². The summed E-state index contributed by atoms with van der Waals surface area (Å²) >= 11 is 11.6. The fourth-order valence-electron chi connectivity index (χ4n) is 1.56. The Kier molecular flexibility index (Phi) is 3.60. The molecule has 1 aromatic heterocycles. The number of nitrogens with one attached hydrogen (secondary N) is 1. The highest BCUT2D eigenvalue weighted by atomic mass is 35.5. The van der Waals surface area contributed by atoms with E-state index in [2.05, 4.69) is 4.98 Å². The first-order valence-electron chi connectivity index (χ1n) is 5.04. The summed E-state index contributed by atoms with van der Waals surface area (Å²) in [4.78, 5) is 13.8. The number of rotatable bonds is 1. The van der Waals surface area contributed by atoms with Gasteiger partial charge in [-0.05, 0) is 18.2 Å². The van der Waals surface area contributed by atoms with E-state index in [-0.39, 0.29) is 10.7 Å². The first-order valence-corrected chi connectivity index (χ1v) is 5.80. The zero-order valence-electron chi connectivity index (χ0n) is 9.18. The molecule has 1 heterocycles. The molecule has 2 nitrogen and oxygen atoms in total. The number of aromatic nitrogens is 1. The van der Waals surface area contributed by atoms with Crippen molar-refractivity contribution in [3.8, 4) is 11.3 Å². The molecule has 2 rings (SSSR count). The first-order chi connectivity index (χ1) is 8.79. The molecule has 1 N–H and O–H groups in total. The van der Waals surface area contributed by atoms with Crippen molar-refractivity contribution < 1.29 is 13.2 Å². The quantitative estimate of drug-likeness (QED) is 0.834. The van der Waals surface area contributed by atoms with Crippen LogP contribution in [0.2, 0.25) is 10.0 Å². The molecular weight excluding hydrogens is 302 g/mol. The van der Waals surface area contributed by atoms with Crippen molar-refractivity contribution >= 4 is 23.2 Å². The van der Waals surface area contributed by atoms with Crippen LogP contribution in [-0.2, 0) is 6.18 Å². The maximum absolute atomic E-state index is 12.5. The molecule has 0 fully saturated rings. The van der Waals surface area contributed by atoms with Crippen LogP contribution in [0.25, 0.3) is 11.3 Å². The first kappa shape index (κ1) is 14.0. The Morgan fingerprint density at radius 3 is 2.32 bits per heavy atom. The van der Waals surface area contributed by atoms with Crippen LogP contribution in [0.3, 0.4) is 0 Å². The summed E-state index contributed by atoms with van der Waals surface area (Å²) in [6, 6.07) is 5.34. The number of hydrogen-bond acceptors (Lipinski definition) is 1. The van der Waals surface area contributed by atoms with Crippen molar-refractivity contribution in [3.05, 3.63) is 56.3 Å². The van der Waals surface area contributed by atoms with E-state index in [4.69, 9.17) is 23.2 Å². The van der Waals surface area contributed by atoms with E-state index < -0.39 is 17.2 Å². The second-order valence-corrected chi connectivity index (χ2v) is 4.59. The molecule has 0 atom stereocenters. The van der Waals surface area contributed by atoms with Gasteiger partial charge in [0, 0.05) is 22.8 Å². The number of hydrogen-bond donors (Lipinski definition) is 1. The van der Waals surface area contributed by atoms with Gasteiger partial charge in [0.2, 0.25) is 0 Å². The number of aromatic amines is 1. The van der Waals surface area contributed by atoms with Crippen molar-refractivity contribution in [2.24, 2.45) is 0 Å². The molecule has 0 aliphatic heterocycles. The minimum Gasteiger partial charge on any atom is -0.360 e. The fraction of sp³-hybridized carbons (Fsp3) is 0.0833. The molecule has 0 saturated heterocycles. The van der Waals surface area contributed by atoms with Gasteiger partial charge in [0.1, 0.15) is 5.56 Å². The van der Waals surface area contributed by atoms with Crippen LogP contribution in [0.1, 0.15) is 5.56 Å². The molecular formula is C12H6Cl2F3NO. The maximum atomic E-state index is 12.5. The third-order valence-electron chi connectivity index (χ3n) is 2.44. The van der Waals surface area contributed by atoms with Crippen molar-refractivity contribution in [2.45, 2.75) is 6.18 Å². The Hall–Kier alpha value is -1.46. The molecule has 0 aliphatic carbocycles. The molecule has 19 heavy (non-hydrogen) atoms. The molecule has 100 valence electrons. The van der Waals surface area contributed by atoms with Gasteiger partial charge in [-0.15, -0.1) is 0 Å². The molecule has 0 spiro atoms. The van der Waals surface area contributed by atoms with Crippen molar-refractivity contribution in [3.63, 3.8) is 0 Å². The number of alkyl halides is 3. The molecule has 2 aromatic rings. The van der Waals surface area contributed by atoms with Crippen LogP contribution in [0.15, 0.2) is 35.3 Å².